The highest BCUT2D eigenvalue weighted by Gasteiger charge is 2.24. The molecule has 2 aromatic carbocycles. The van der Waals surface area contributed by atoms with E-state index in [0.717, 1.165) is 5.56 Å². The molecule has 166 valence electrons. The molecule has 1 N–H and O–H groups in total. The van der Waals surface area contributed by atoms with E-state index < -0.39 is 0 Å². The average Bonchev–Trinajstić information content (AvgIpc) is 3.33. The van der Waals surface area contributed by atoms with Crippen molar-refractivity contribution in [2.45, 2.75) is 13.5 Å². The number of benzene rings is 2. The van der Waals surface area contributed by atoms with Gasteiger partial charge in [-0.3, -0.25) is 14.5 Å². The standard InChI is InChI=1S/C24H23ClFN3O3/c1-16-7-8-17(14-21(16)27-23(30)22-6-3-13-32-22)24(31)29-11-9-28(10-12-29)15-18-19(25)4-2-5-20(18)26/h2-8,13-14H,9-12,15H2,1H3,(H,27,30). The van der Waals surface area contributed by atoms with Crippen molar-refractivity contribution in [1.82, 2.24) is 9.80 Å². The van der Waals surface area contributed by atoms with Crippen molar-refractivity contribution >= 4 is 29.1 Å². The van der Waals surface area contributed by atoms with Crippen LogP contribution in [0.4, 0.5) is 10.1 Å². The molecule has 0 bridgehead atoms. The van der Waals surface area contributed by atoms with E-state index >= 15 is 0 Å². The molecule has 0 unspecified atom stereocenters. The van der Waals surface area contributed by atoms with E-state index in [4.69, 9.17) is 16.0 Å². The van der Waals surface area contributed by atoms with Crippen molar-refractivity contribution in [3.8, 4) is 0 Å². The maximum absolute atomic E-state index is 14.1. The molecular weight excluding hydrogens is 433 g/mol. The van der Waals surface area contributed by atoms with Crippen LogP contribution in [0.2, 0.25) is 5.02 Å². The Morgan fingerprint density at radius 3 is 2.56 bits per heavy atom. The zero-order valence-corrected chi connectivity index (χ0v) is 18.4. The van der Waals surface area contributed by atoms with Gasteiger partial charge in [0.25, 0.3) is 11.8 Å². The number of carbonyl (C=O) groups excluding carboxylic acids is 2. The first-order valence-corrected chi connectivity index (χ1v) is 10.7. The highest BCUT2D eigenvalue weighted by atomic mass is 35.5. The van der Waals surface area contributed by atoms with E-state index in [0.29, 0.717) is 54.6 Å². The van der Waals surface area contributed by atoms with Gasteiger partial charge < -0.3 is 14.6 Å². The number of piperazine rings is 1. The number of halogens is 2. The minimum Gasteiger partial charge on any atom is -0.459 e. The first-order valence-electron chi connectivity index (χ1n) is 10.3. The maximum atomic E-state index is 14.1. The number of anilines is 1. The lowest BCUT2D eigenvalue weighted by Gasteiger charge is -2.35. The lowest BCUT2D eigenvalue weighted by Crippen LogP contribution is -2.48. The van der Waals surface area contributed by atoms with E-state index in [1.807, 2.05) is 6.92 Å². The van der Waals surface area contributed by atoms with E-state index in [-0.39, 0.29) is 23.4 Å². The minimum absolute atomic E-state index is 0.109. The van der Waals surface area contributed by atoms with Crippen LogP contribution in [0.5, 0.6) is 0 Å². The molecule has 3 aromatic rings. The number of amides is 2. The third-order valence-electron chi connectivity index (χ3n) is 5.58. The molecule has 6 nitrogen and oxygen atoms in total. The molecule has 2 heterocycles. The highest BCUT2D eigenvalue weighted by molar-refractivity contribution is 6.31. The van der Waals surface area contributed by atoms with Crippen LogP contribution < -0.4 is 5.32 Å². The van der Waals surface area contributed by atoms with Crippen molar-refractivity contribution < 1.29 is 18.4 Å². The smallest absolute Gasteiger partial charge is 0.291 e. The number of aryl methyl sites for hydroxylation is 1. The van der Waals surface area contributed by atoms with Crippen molar-refractivity contribution in [1.29, 1.82) is 0 Å². The molecule has 1 aromatic heterocycles. The van der Waals surface area contributed by atoms with Crippen LogP contribution in [0.1, 0.15) is 32.0 Å². The minimum atomic E-state index is -0.372. The fraction of sp³-hybridized carbons (Fsp3) is 0.250. The number of hydrogen-bond acceptors (Lipinski definition) is 4. The van der Waals surface area contributed by atoms with Gasteiger partial charge in [-0.25, -0.2) is 4.39 Å². The second kappa shape index (κ2) is 9.54. The van der Waals surface area contributed by atoms with E-state index in [1.54, 1.807) is 47.4 Å². The zero-order valence-electron chi connectivity index (χ0n) is 17.6. The number of hydrogen-bond donors (Lipinski definition) is 1. The lowest BCUT2D eigenvalue weighted by atomic mass is 10.1. The quantitative estimate of drug-likeness (QED) is 0.611. The summed E-state index contributed by atoms with van der Waals surface area (Å²) < 4.78 is 19.2. The predicted molar refractivity (Wildman–Crippen MR) is 120 cm³/mol. The summed E-state index contributed by atoms with van der Waals surface area (Å²) in [5, 5.41) is 3.21. The first-order chi connectivity index (χ1) is 15.4. The number of carbonyl (C=O) groups is 2. The molecule has 1 aliphatic rings. The van der Waals surface area contributed by atoms with Gasteiger partial charge in [-0.2, -0.15) is 0 Å². The monoisotopic (exact) mass is 455 g/mol. The lowest BCUT2D eigenvalue weighted by molar-refractivity contribution is 0.0627. The molecule has 0 spiro atoms. The van der Waals surface area contributed by atoms with Crippen LogP contribution in [0.15, 0.2) is 59.2 Å². The molecular formula is C24H23ClFN3O3. The molecule has 8 heteroatoms. The fourth-order valence-corrected chi connectivity index (χ4v) is 3.90. The largest absolute Gasteiger partial charge is 0.459 e. The SMILES string of the molecule is Cc1ccc(C(=O)N2CCN(Cc3c(F)cccc3Cl)CC2)cc1NC(=O)c1ccco1. The summed E-state index contributed by atoms with van der Waals surface area (Å²) in [6.07, 6.45) is 1.43. The Hall–Kier alpha value is -3.16. The number of furan rings is 1. The molecule has 4 rings (SSSR count). The third kappa shape index (κ3) is 4.84. The van der Waals surface area contributed by atoms with Gasteiger partial charge in [0.1, 0.15) is 5.82 Å². The van der Waals surface area contributed by atoms with Crippen LogP contribution in [0.3, 0.4) is 0 Å². The number of rotatable bonds is 5. The van der Waals surface area contributed by atoms with Gasteiger partial charge in [-0.1, -0.05) is 23.7 Å². The maximum Gasteiger partial charge on any atom is 0.291 e. The molecule has 0 aliphatic carbocycles. The van der Waals surface area contributed by atoms with Crippen molar-refractivity contribution in [2.24, 2.45) is 0 Å². The molecule has 32 heavy (non-hydrogen) atoms. The number of nitrogens with zero attached hydrogens (tertiary/aromatic N) is 2. The molecule has 0 atom stereocenters. The van der Waals surface area contributed by atoms with Gasteiger partial charge in [-0.15, -0.1) is 0 Å². The fourth-order valence-electron chi connectivity index (χ4n) is 3.68. The van der Waals surface area contributed by atoms with Crippen LogP contribution in [0.25, 0.3) is 0 Å². The van der Waals surface area contributed by atoms with Gasteiger partial charge in [0.05, 0.1) is 6.26 Å². The van der Waals surface area contributed by atoms with Gasteiger partial charge in [-0.05, 0) is 48.9 Å². The molecule has 1 saturated heterocycles. The van der Waals surface area contributed by atoms with Crippen LogP contribution in [-0.4, -0.2) is 47.8 Å². The average molecular weight is 456 g/mol. The molecule has 0 saturated carbocycles. The van der Waals surface area contributed by atoms with Crippen LogP contribution in [0, 0.1) is 12.7 Å². The van der Waals surface area contributed by atoms with Gasteiger partial charge in [0.2, 0.25) is 0 Å². The van der Waals surface area contributed by atoms with Crippen molar-refractivity contribution in [3.05, 3.63) is 88.1 Å². The summed E-state index contributed by atoms with van der Waals surface area (Å²) in [6, 6.07) is 13.1. The second-order valence-electron chi connectivity index (χ2n) is 7.73. The summed E-state index contributed by atoms with van der Waals surface area (Å²) in [5.74, 6) is -0.600. The topological polar surface area (TPSA) is 65.8 Å². The van der Waals surface area contributed by atoms with Crippen molar-refractivity contribution in [3.63, 3.8) is 0 Å². The number of nitrogens with one attached hydrogen (secondary N) is 1. The summed E-state index contributed by atoms with van der Waals surface area (Å²) in [6.45, 7) is 4.54. The Morgan fingerprint density at radius 2 is 1.88 bits per heavy atom. The molecule has 0 radical (unpaired) electrons. The van der Waals surface area contributed by atoms with Gasteiger partial charge in [0, 0.05) is 54.6 Å². The van der Waals surface area contributed by atoms with Crippen LogP contribution in [-0.2, 0) is 6.54 Å². The van der Waals surface area contributed by atoms with E-state index in [9.17, 15) is 14.0 Å². The first kappa shape index (κ1) is 22.0. The zero-order chi connectivity index (χ0) is 22.7. The summed E-state index contributed by atoms with van der Waals surface area (Å²) in [5.41, 5.74) is 2.37. The Balaban J connectivity index is 1.39. The van der Waals surface area contributed by atoms with Gasteiger partial charge in [0.15, 0.2) is 5.76 Å². The summed E-state index contributed by atoms with van der Waals surface area (Å²) >= 11 is 6.14. The Kier molecular flexibility index (Phi) is 6.58. The Labute approximate surface area is 190 Å². The summed E-state index contributed by atoms with van der Waals surface area (Å²) in [7, 11) is 0. The normalized spacial score (nSPS) is 14.4. The molecule has 2 amide bonds. The Bertz CT molecular complexity index is 1110. The molecule has 1 aliphatic heterocycles. The van der Waals surface area contributed by atoms with E-state index in [1.165, 1.54) is 12.3 Å². The summed E-state index contributed by atoms with van der Waals surface area (Å²) in [4.78, 5) is 29.2. The van der Waals surface area contributed by atoms with Crippen LogP contribution >= 0.6 is 11.6 Å². The second-order valence-corrected chi connectivity index (χ2v) is 8.14. The Morgan fingerprint density at radius 1 is 1.09 bits per heavy atom. The van der Waals surface area contributed by atoms with E-state index in [2.05, 4.69) is 10.2 Å². The van der Waals surface area contributed by atoms with Gasteiger partial charge >= 0.3 is 0 Å². The van der Waals surface area contributed by atoms with Crippen molar-refractivity contribution in [2.75, 3.05) is 31.5 Å². The third-order valence-corrected chi connectivity index (χ3v) is 5.93. The highest BCUT2D eigenvalue weighted by Crippen LogP contribution is 2.23. The predicted octanol–water partition coefficient (Wildman–Crippen LogP) is 4.59. The molecule has 1 fully saturated rings.